The number of halogens is 1. The molecule has 2 aliphatic rings. The Morgan fingerprint density at radius 2 is 2.13 bits per heavy atom. The van der Waals surface area contributed by atoms with Crippen LogP contribution in [0, 0.1) is 5.82 Å². The minimum atomic E-state index is -0.425. The van der Waals surface area contributed by atoms with E-state index in [2.05, 4.69) is 9.88 Å². The molecule has 0 bridgehead atoms. The van der Waals surface area contributed by atoms with Crippen molar-refractivity contribution in [3.8, 4) is 0 Å². The molecule has 1 aromatic carbocycles. The molecule has 2 aliphatic heterocycles. The summed E-state index contributed by atoms with van der Waals surface area (Å²) in [7, 11) is 0. The summed E-state index contributed by atoms with van der Waals surface area (Å²) in [5, 5.41) is 0.827. The number of benzene rings is 1. The minimum absolute atomic E-state index is 0.0827. The van der Waals surface area contributed by atoms with Crippen LogP contribution in [0.2, 0.25) is 0 Å². The molecule has 0 spiro atoms. The fourth-order valence-electron chi connectivity index (χ4n) is 3.14. The van der Waals surface area contributed by atoms with Gasteiger partial charge in [0.1, 0.15) is 5.82 Å². The molecule has 23 heavy (non-hydrogen) atoms. The molecule has 2 fully saturated rings. The molecule has 1 aromatic heterocycles. The first-order valence-electron chi connectivity index (χ1n) is 7.92. The lowest BCUT2D eigenvalue weighted by Gasteiger charge is -2.33. The third kappa shape index (κ3) is 2.90. The van der Waals surface area contributed by atoms with Gasteiger partial charge >= 0.3 is 0 Å². The summed E-state index contributed by atoms with van der Waals surface area (Å²) in [6.45, 7) is 3.39. The van der Waals surface area contributed by atoms with E-state index >= 15 is 0 Å². The normalized spacial score (nSPS) is 22.0. The second-order valence-corrected chi connectivity index (χ2v) is 6.96. The molecule has 2 aromatic rings. The zero-order valence-corrected chi connectivity index (χ0v) is 13.5. The van der Waals surface area contributed by atoms with Gasteiger partial charge in [0.15, 0.2) is 11.2 Å². The number of amides is 1. The number of morpholine rings is 1. The van der Waals surface area contributed by atoms with E-state index < -0.39 is 6.10 Å². The number of carbonyl (C=O) groups is 1. The number of hydrogen-bond acceptors (Lipinski definition) is 5. The van der Waals surface area contributed by atoms with E-state index in [1.165, 1.54) is 23.5 Å². The van der Waals surface area contributed by atoms with Gasteiger partial charge in [-0.25, -0.2) is 9.37 Å². The Labute approximate surface area is 137 Å². The summed E-state index contributed by atoms with van der Waals surface area (Å²) in [5.74, 6) is -0.170. The van der Waals surface area contributed by atoms with Crippen molar-refractivity contribution in [3.63, 3.8) is 0 Å². The summed E-state index contributed by atoms with van der Waals surface area (Å²) in [6.07, 6.45) is 1.72. The average Bonchev–Trinajstić information content (AvgIpc) is 3.23. The van der Waals surface area contributed by atoms with Gasteiger partial charge in [0.2, 0.25) is 0 Å². The topological polar surface area (TPSA) is 45.7 Å². The highest BCUT2D eigenvalue weighted by atomic mass is 32.1. The Hall–Kier alpha value is -1.73. The SMILES string of the molecule is O=C(C1CN(c2nc3ccc(F)cc3s2)CCO1)N1CCCC1. The van der Waals surface area contributed by atoms with Crippen LogP contribution in [-0.4, -0.2) is 54.7 Å². The second-order valence-electron chi connectivity index (χ2n) is 5.95. The minimum Gasteiger partial charge on any atom is -0.365 e. The Morgan fingerprint density at radius 3 is 2.96 bits per heavy atom. The third-order valence-electron chi connectivity index (χ3n) is 4.37. The standard InChI is InChI=1S/C16H18FN3O2S/c17-11-3-4-12-14(9-11)23-16(18-12)20-7-8-22-13(10-20)15(21)19-5-1-2-6-19/h3-4,9,13H,1-2,5-8,10H2. The van der Waals surface area contributed by atoms with Crippen molar-refractivity contribution >= 4 is 32.6 Å². The van der Waals surface area contributed by atoms with E-state index in [9.17, 15) is 9.18 Å². The van der Waals surface area contributed by atoms with Gasteiger partial charge in [-0.2, -0.15) is 0 Å². The third-order valence-corrected chi connectivity index (χ3v) is 5.45. The molecule has 1 unspecified atom stereocenters. The van der Waals surface area contributed by atoms with Gasteiger partial charge in [0.05, 0.1) is 23.4 Å². The lowest BCUT2D eigenvalue weighted by Crippen LogP contribution is -2.50. The van der Waals surface area contributed by atoms with Crippen LogP contribution in [0.5, 0.6) is 0 Å². The first-order valence-corrected chi connectivity index (χ1v) is 8.74. The molecule has 2 saturated heterocycles. The van der Waals surface area contributed by atoms with Crippen LogP contribution >= 0.6 is 11.3 Å². The van der Waals surface area contributed by atoms with Crippen LogP contribution in [-0.2, 0) is 9.53 Å². The molecule has 0 saturated carbocycles. The molecule has 5 nitrogen and oxygen atoms in total. The molecule has 7 heteroatoms. The zero-order chi connectivity index (χ0) is 15.8. The Kier molecular flexibility index (Phi) is 3.90. The van der Waals surface area contributed by atoms with Crippen molar-refractivity contribution in [2.45, 2.75) is 18.9 Å². The molecule has 1 atom stereocenters. The Balaban J connectivity index is 1.52. The zero-order valence-electron chi connectivity index (χ0n) is 12.7. The van der Waals surface area contributed by atoms with Crippen molar-refractivity contribution in [2.75, 3.05) is 37.7 Å². The van der Waals surface area contributed by atoms with Crippen molar-refractivity contribution in [1.82, 2.24) is 9.88 Å². The maximum atomic E-state index is 13.3. The quantitative estimate of drug-likeness (QED) is 0.845. The number of rotatable bonds is 2. The van der Waals surface area contributed by atoms with Gasteiger partial charge in [-0.05, 0) is 31.0 Å². The molecule has 3 heterocycles. The van der Waals surface area contributed by atoms with Crippen LogP contribution < -0.4 is 4.90 Å². The molecule has 0 aliphatic carbocycles. The summed E-state index contributed by atoms with van der Waals surface area (Å²) >= 11 is 1.46. The van der Waals surface area contributed by atoms with E-state index in [1.54, 1.807) is 6.07 Å². The smallest absolute Gasteiger partial charge is 0.253 e. The molecular formula is C16H18FN3O2S. The molecule has 1 amide bonds. The number of carbonyl (C=O) groups excluding carboxylic acids is 1. The molecule has 0 radical (unpaired) electrons. The van der Waals surface area contributed by atoms with E-state index in [-0.39, 0.29) is 11.7 Å². The summed E-state index contributed by atoms with van der Waals surface area (Å²) in [6, 6.07) is 4.62. The number of nitrogens with zero attached hydrogens (tertiary/aromatic N) is 3. The first kappa shape index (κ1) is 14.8. The number of ether oxygens (including phenoxy) is 1. The van der Waals surface area contributed by atoms with Gasteiger partial charge in [-0.15, -0.1) is 0 Å². The van der Waals surface area contributed by atoms with E-state index in [0.717, 1.165) is 41.3 Å². The van der Waals surface area contributed by atoms with Gasteiger partial charge in [-0.1, -0.05) is 11.3 Å². The summed E-state index contributed by atoms with van der Waals surface area (Å²) < 4.78 is 19.8. The molecule has 122 valence electrons. The average molecular weight is 335 g/mol. The predicted octanol–water partition coefficient (Wildman–Crippen LogP) is 2.26. The van der Waals surface area contributed by atoms with E-state index in [4.69, 9.17) is 4.74 Å². The highest BCUT2D eigenvalue weighted by molar-refractivity contribution is 7.22. The number of fused-ring (bicyclic) bond motifs is 1. The highest BCUT2D eigenvalue weighted by Gasteiger charge is 2.32. The van der Waals surface area contributed by atoms with Crippen LogP contribution in [0.3, 0.4) is 0 Å². The van der Waals surface area contributed by atoms with E-state index in [0.29, 0.717) is 19.7 Å². The van der Waals surface area contributed by atoms with Gasteiger partial charge < -0.3 is 14.5 Å². The first-order chi connectivity index (χ1) is 11.2. The fraction of sp³-hybridized carbons (Fsp3) is 0.500. The maximum absolute atomic E-state index is 13.3. The maximum Gasteiger partial charge on any atom is 0.253 e. The van der Waals surface area contributed by atoms with E-state index in [1.807, 2.05) is 4.90 Å². The van der Waals surface area contributed by atoms with Gasteiger partial charge in [-0.3, -0.25) is 4.79 Å². The number of anilines is 1. The van der Waals surface area contributed by atoms with Crippen molar-refractivity contribution in [3.05, 3.63) is 24.0 Å². The van der Waals surface area contributed by atoms with Crippen LogP contribution in [0.1, 0.15) is 12.8 Å². The van der Waals surface area contributed by atoms with Crippen molar-refractivity contribution in [2.24, 2.45) is 0 Å². The van der Waals surface area contributed by atoms with Gasteiger partial charge in [0.25, 0.3) is 5.91 Å². The number of hydrogen-bond donors (Lipinski definition) is 0. The number of aromatic nitrogens is 1. The highest BCUT2D eigenvalue weighted by Crippen LogP contribution is 2.30. The number of thiazole rings is 1. The lowest BCUT2D eigenvalue weighted by atomic mass is 10.2. The summed E-state index contributed by atoms with van der Waals surface area (Å²) in [4.78, 5) is 21.0. The largest absolute Gasteiger partial charge is 0.365 e. The van der Waals surface area contributed by atoms with Crippen LogP contribution in [0.15, 0.2) is 18.2 Å². The predicted molar refractivity (Wildman–Crippen MR) is 87.3 cm³/mol. The molecule has 4 rings (SSSR count). The van der Waals surface area contributed by atoms with Crippen LogP contribution in [0.4, 0.5) is 9.52 Å². The van der Waals surface area contributed by atoms with Crippen molar-refractivity contribution in [1.29, 1.82) is 0 Å². The Bertz CT molecular complexity index is 729. The van der Waals surface area contributed by atoms with Crippen LogP contribution in [0.25, 0.3) is 10.2 Å². The Morgan fingerprint density at radius 1 is 1.30 bits per heavy atom. The number of likely N-dealkylation sites (tertiary alicyclic amines) is 1. The molecule has 0 N–H and O–H groups in total. The van der Waals surface area contributed by atoms with Crippen molar-refractivity contribution < 1.29 is 13.9 Å². The van der Waals surface area contributed by atoms with Gasteiger partial charge in [0, 0.05) is 19.6 Å². The summed E-state index contributed by atoms with van der Waals surface area (Å²) in [5.41, 5.74) is 0.792. The second kappa shape index (κ2) is 6.05. The lowest BCUT2D eigenvalue weighted by molar-refractivity contribution is -0.143. The molecular weight excluding hydrogens is 317 g/mol. The monoisotopic (exact) mass is 335 g/mol. The fourth-order valence-corrected chi connectivity index (χ4v) is 4.16.